The molecule has 1 aromatic carbocycles. The SMILES string of the molecule is CC(=O)c1ccccc1OCCN1CCCCCC1. The van der Waals surface area contributed by atoms with Gasteiger partial charge in [0.15, 0.2) is 5.78 Å². The third kappa shape index (κ3) is 4.35. The van der Waals surface area contributed by atoms with Crippen LogP contribution in [0.25, 0.3) is 0 Å². The van der Waals surface area contributed by atoms with E-state index in [1.807, 2.05) is 24.3 Å². The van der Waals surface area contributed by atoms with Crippen molar-refractivity contribution in [2.75, 3.05) is 26.2 Å². The third-order valence-corrected chi connectivity index (χ3v) is 3.63. The Labute approximate surface area is 115 Å². The molecular weight excluding hydrogens is 238 g/mol. The van der Waals surface area contributed by atoms with E-state index in [1.165, 1.54) is 38.8 Å². The Hall–Kier alpha value is -1.35. The molecule has 1 heterocycles. The molecule has 1 aromatic rings. The molecule has 0 aromatic heterocycles. The number of likely N-dealkylation sites (tertiary alicyclic amines) is 1. The largest absolute Gasteiger partial charge is 0.491 e. The fourth-order valence-electron chi connectivity index (χ4n) is 2.53. The molecule has 0 bridgehead atoms. The van der Waals surface area contributed by atoms with Crippen LogP contribution in [0.5, 0.6) is 5.75 Å². The summed E-state index contributed by atoms with van der Waals surface area (Å²) in [4.78, 5) is 13.9. The van der Waals surface area contributed by atoms with Crippen LogP contribution in [0, 0.1) is 0 Å². The van der Waals surface area contributed by atoms with Crippen molar-refractivity contribution in [3.63, 3.8) is 0 Å². The molecule has 1 saturated heterocycles. The minimum Gasteiger partial charge on any atom is -0.491 e. The summed E-state index contributed by atoms with van der Waals surface area (Å²) in [7, 11) is 0. The van der Waals surface area contributed by atoms with E-state index >= 15 is 0 Å². The van der Waals surface area contributed by atoms with Crippen LogP contribution in [0.2, 0.25) is 0 Å². The number of carbonyl (C=O) groups is 1. The summed E-state index contributed by atoms with van der Waals surface area (Å²) in [5, 5.41) is 0. The van der Waals surface area contributed by atoms with Crippen LogP contribution >= 0.6 is 0 Å². The average molecular weight is 261 g/mol. The molecule has 104 valence electrons. The summed E-state index contributed by atoms with van der Waals surface area (Å²) >= 11 is 0. The fraction of sp³-hybridized carbons (Fsp3) is 0.562. The number of rotatable bonds is 5. The van der Waals surface area contributed by atoms with Crippen LogP contribution in [0.3, 0.4) is 0 Å². The quantitative estimate of drug-likeness (QED) is 0.763. The Morgan fingerprint density at radius 1 is 1.16 bits per heavy atom. The number of ketones is 1. The lowest BCUT2D eigenvalue weighted by atomic mass is 10.1. The highest BCUT2D eigenvalue weighted by atomic mass is 16.5. The van der Waals surface area contributed by atoms with Gasteiger partial charge in [0.05, 0.1) is 5.56 Å². The number of ether oxygens (including phenoxy) is 1. The van der Waals surface area contributed by atoms with Crippen molar-refractivity contribution in [2.45, 2.75) is 32.6 Å². The smallest absolute Gasteiger partial charge is 0.163 e. The van der Waals surface area contributed by atoms with Crippen molar-refractivity contribution in [1.82, 2.24) is 4.90 Å². The summed E-state index contributed by atoms with van der Waals surface area (Å²) in [5.41, 5.74) is 0.679. The lowest BCUT2D eigenvalue weighted by Gasteiger charge is -2.20. The highest BCUT2D eigenvalue weighted by molar-refractivity contribution is 5.96. The third-order valence-electron chi connectivity index (χ3n) is 3.63. The van der Waals surface area contributed by atoms with Gasteiger partial charge in [-0.2, -0.15) is 0 Å². The first-order chi connectivity index (χ1) is 9.27. The number of nitrogens with zero attached hydrogens (tertiary/aromatic N) is 1. The molecule has 3 heteroatoms. The van der Waals surface area contributed by atoms with E-state index in [0.717, 1.165) is 6.54 Å². The standard InChI is InChI=1S/C16H23NO2/c1-14(18)15-8-4-5-9-16(15)19-13-12-17-10-6-2-3-7-11-17/h4-5,8-9H,2-3,6-7,10-13H2,1H3. The van der Waals surface area contributed by atoms with Crippen molar-refractivity contribution < 1.29 is 9.53 Å². The Morgan fingerprint density at radius 3 is 2.53 bits per heavy atom. The molecule has 0 atom stereocenters. The monoisotopic (exact) mass is 261 g/mol. The van der Waals surface area contributed by atoms with Crippen molar-refractivity contribution in [1.29, 1.82) is 0 Å². The minimum absolute atomic E-state index is 0.0605. The molecule has 19 heavy (non-hydrogen) atoms. The maximum Gasteiger partial charge on any atom is 0.163 e. The maximum atomic E-state index is 11.5. The van der Waals surface area contributed by atoms with Crippen molar-refractivity contribution in [3.05, 3.63) is 29.8 Å². The molecule has 0 N–H and O–H groups in total. The lowest BCUT2D eigenvalue weighted by Crippen LogP contribution is -2.29. The molecule has 1 aliphatic rings. The topological polar surface area (TPSA) is 29.5 Å². The second-order valence-corrected chi connectivity index (χ2v) is 5.16. The number of hydrogen-bond acceptors (Lipinski definition) is 3. The van der Waals surface area contributed by atoms with Crippen molar-refractivity contribution >= 4 is 5.78 Å². The van der Waals surface area contributed by atoms with Crippen LogP contribution in [0.4, 0.5) is 0 Å². The Bertz CT molecular complexity index is 409. The van der Waals surface area contributed by atoms with Gasteiger partial charge in [0, 0.05) is 6.54 Å². The zero-order valence-corrected chi connectivity index (χ0v) is 11.7. The van der Waals surface area contributed by atoms with Gasteiger partial charge in [-0.05, 0) is 45.0 Å². The van der Waals surface area contributed by atoms with Crippen molar-refractivity contribution in [2.24, 2.45) is 0 Å². The molecule has 1 fully saturated rings. The lowest BCUT2D eigenvalue weighted by molar-refractivity contribution is 0.101. The number of para-hydroxylation sites is 1. The van der Waals surface area contributed by atoms with E-state index < -0.39 is 0 Å². The zero-order chi connectivity index (χ0) is 13.5. The van der Waals surface area contributed by atoms with Gasteiger partial charge in [-0.1, -0.05) is 25.0 Å². The summed E-state index contributed by atoms with van der Waals surface area (Å²) in [6, 6.07) is 7.48. The molecule has 0 spiro atoms. The molecular formula is C16H23NO2. The van der Waals surface area contributed by atoms with Gasteiger partial charge in [0.25, 0.3) is 0 Å². The highest BCUT2D eigenvalue weighted by Crippen LogP contribution is 2.18. The van der Waals surface area contributed by atoms with Gasteiger partial charge < -0.3 is 4.74 Å². The molecule has 0 unspecified atom stereocenters. The zero-order valence-electron chi connectivity index (χ0n) is 11.7. The van der Waals surface area contributed by atoms with E-state index in [1.54, 1.807) is 6.92 Å². The van der Waals surface area contributed by atoms with Crippen LogP contribution in [0.15, 0.2) is 24.3 Å². The number of carbonyl (C=O) groups excluding carboxylic acids is 1. The van der Waals surface area contributed by atoms with Gasteiger partial charge in [-0.25, -0.2) is 0 Å². The van der Waals surface area contributed by atoms with Gasteiger partial charge in [-0.3, -0.25) is 9.69 Å². The number of benzene rings is 1. The Kier molecular flexibility index (Phi) is 5.40. The van der Waals surface area contributed by atoms with Gasteiger partial charge in [-0.15, -0.1) is 0 Å². The molecule has 2 rings (SSSR count). The molecule has 0 aliphatic carbocycles. The number of Topliss-reactive ketones (excluding diaryl/α,β-unsaturated/α-hetero) is 1. The maximum absolute atomic E-state index is 11.5. The van der Waals surface area contributed by atoms with E-state index in [4.69, 9.17) is 4.74 Å². The summed E-state index contributed by atoms with van der Waals surface area (Å²) in [6.45, 7) is 5.54. The first kappa shape index (κ1) is 14.1. The molecule has 0 saturated carbocycles. The predicted octanol–water partition coefficient (Wildman–Crippen LogP) is 3.14. The first-order valence-electron chi connectivity index (χ1n) is 7.22. The molecule has 3 nitrogen and oxygen atoms in total. The summed E-state index contributed by atoms with van der Waals surface area (Å²) in [5.74, 6) is 0.773. The summed E-state index contributed by atoms with van der Waals surface area (Å²) < 4.78 is 5.78. The Balaban J connectivity index is 1.83. The highest BCUT2D eigenvalue weighted by Gasteiger charge is 2.10. The first-order valence-corrected chi connectivity index (χ1v) is 7.22. The normalized spacial score (nSPS) is 16.9. The van der Waals surface area contributed by atoms with E-state index in [2.05, 4.69) is 4.90 Å². The van der Waals surface area contributed by atoms with Crippen LogP contribution in [0.1, 0.15) is 43.0 Å². The Morgan fingerprint density at radius 2 is 1.84 bits per heavy atom. The molecule has 1 aliphatic heterocycles. The van der Waals surface area contributed by atoms with E-state index in [9.17, 15) is 4.79 Å². The second kappa shape index (κ2) is 7.29. The van der Waals surface area contributed by atoms with Crippen molar-refractivity contribution in [3.8, 4) is 5.75 Å². The molecule has 0 radical (unpaired) electrons. The predicted molar refractivity (Wildman–Crippen MR) is 76.8 cm³/mol. The van der Waals surface area contributed by atoms with Crippen LogP contribution < -0.4 is 4.74 Å². The van der Waals surface area contributed by atoms with Gasteiger partial charge >= 0.3 is 0 Å². The van der Waals surface area contributed by atoms with E-state index in [-0.39, 0.29) is 5.78 Å². The van der Waals surface area contributed by atoms with E-state index in [0.29, 0.717) is 17.9 Å². The van der Waals surface area contributed by atoms with Crippen LogP contribution in [-0.2, 0) is 0 Å². The number of hydrogen-bond donors (Lipinski definition) is 0. The van der Waals surface area contributed by atoms with Gasteiger partial charge in [0.2, 0.25) is 0 Å². The average Bonchev–Trinajstić information content (AvgIpc) is 2.68. The van der Waals surface area contributed by atoms with Gasteiger partial charge in [0.1, 0.15) is 12.4 Å². The second-order valence-electron chi connectivity index (χ2n) is 5.16. The summed E-state index contributed by atoms with van der Waals surface area (Å²) in [6.07, 6.45) is 5.29. The minimum atomic E-state index is 0.0605. The van der Waals surface area contributed by atoms with Crippen LogP contribution in [-0.4, -0.2) is 36.9 Å². The molecule has 0 amide bonds. The fourth-order valence-corrected chi connectivity index (χ4v) is 2.53.